The lowest BCUT2D eigenvalue weighted by molar-refractivity contribution is -0.142. The molecular weight excluding hydrogens is 465 g/mol. The van der Waals surface area contributed by atoms with Crippen LogP contribution in [0.4, 0.5) is 10.1 Å². The summed E-state index contributed by atoms with van der Waals surface area (Å²) in [4.78, 5) is 17.1. The van der Waals surface area contributed by atoms with E-state index in [1.165, 1.54) is 23.5 Å². The monoisotopic (exact) mass is 491 g/mol. The maximum Gasteiger partial charge on any atom is 0.307 e. The normalized spacial score (nSPS) is 11.6. The molecule has 3 aromatic rings. The van der Waals surface area contributed by atoms with E-state index in [0.717, 1.165) is 29.0 Å². The number of esters is 1. The van der Waals surface area contributed by atoms with Crippen molar-refractivity contribution in [1.29, 1.82) is 0 Å². The molecule has 0 unspecified atom stereocenters. The minimum Gasteiger partial charge on any atom is -0.494 e. The van der Waals surface area contributed by atoms with Gasteiger partial charge in [-0.25, -0.2) is 9.38 Å². The van der Waals surface area contributed by atoms with Crippen molar-refractivity contribution in [2.75, 3.05) is 26.8 Å². The van der Waals surface area contributed by atoms with E-state index in [1.54, 1.807) is 38.3 Å². The molecule has 0 atom stereocenters. The molecule has 0 amide bonds. The molecular formula is C24H27ClFN3O3S. The van der Waals surface area contributed by atoms with Crippen molar-refractivity contribution in [3.63, 3.8) is 0 Å². The third kappa shape index (κ3) is 7.15. The number of hydrogen-bond acceptors (Lipinski definition) is 6. The third-order valence-electron chi connectivity index (χ3n) is 4.84. The first-order valence-corrected chi connectivity index (χ1v) is 12.0. The van der Waals surface area contributed by atoms with Gasteiger partial charge in [0.2, 0.25) is 0 Å². The molecule has 3 rings (SSSR count). The second-order valence-electron chi connectivity index (χ2n) is 7.15. The van der Waals surface area contributed by atoms with Crippen molar-refractivity contribution in [2.45, 2.75) is 26.3 Å². The molecule has 33 heavy (non-hydrogen) atoms. The summed E-state index contributed by atoms with van der Waals surface area (Å²) in [7, 11) is 1.58. The van der Waals surface area contributed by atoms with Gasteiger partial charge in [0.1, 0.15) is 17.3 Å². The first kappa shape index (κ1) is 25.0. The Balaban J connectivity index is 1.81. The first-order valence-electron chi connectivity index (χ1n) is 10.7. The Bertz CT molecular complexity index is 1130. The molecule has 0 bridgehead atoms. The number of benzene rings is 2. The summed E-state index contributed by atoms with van der Waals surface area (Å²) < 4.78 is 25.9. The minimum atomic E-state index is -0.276. The summed E-state index contributed by atoms with van der Waals surface area (Å²) in [5.74, 6) is 0.113. The Labute approximate surface area is 201 Å². The number of nitrogens with one attached hydrogen (secondary N) is 1. The van der Waals surface area contributed by atoms with E-state index in [-0.39, 0.29) is 11.8 Å². The molecule has 1 aromatic heterocycles. The molecule has 9 heteroatoms. The highest BCUT2D eigenvalue weighted by atomic mass is 35.5. The van der Waals surface area contributed by atoms with Gasteiger partial charge in [0.25, 0.3) is 0 Å². The molecule has 1 N–H and O–H groups in total. The van der Waals surface area contributed by atoms with Gasteiger partial charge < -0.3 is 19.4 Å². The summed E-state index contributed by atoms with van der Waals surface area (Å²) in [5.41, 5.74) is 2.54. The van der Waals surface area contributed by atoms with Crippen LogP contribution < -0.4 is 14.9 Å². The van der Waals surface area contributed by atoms with Crippen LogP contribution in [0.2, 0.25) is 5.02 Å². The maximum absolute atomic E-state index is 13.4. The average molecular weight is 492 g/mol. The molecule has 0 radical (unpaired) electrons. The zero-order valence-corrected chi connectivity index (χ0v) is 20.2. The highest BCUT2D eigenvalue weighted by Crippen LogP contribution is 2.30. The second kappa shape index (κ2) is 12.5. The summed E-state index contributed by atoms with van der Waals surface area (Å²) in [5, 5.41) is 5.86. The summed E-state index contributed by atoms with van der Waals surface area (Å²) in [6.07, 6.45) is 1.16. The van der Waals surface area contributed by atoms with Crippen LogP contribution in [0, 0.1) is 5.82 Å². The van der Waals surface area contributed by atoms with Crippen molar-refractivity contribution in [3.05, 3.63) is 63.5 Å². The lowest BCUT2D eigenvalue weighted by atomic mass is 10.1. The number of aromatic nitrogens is 1. The van der Waals surface area contributed by atoms with E-state index in [1.807, 2.05) is 11.4 Å². The van der Waals surface area contributed by atoms with Crippen LogP contribution in [0.5, 0.6) is 5.75 Å². The fourth-order valence-corrected chi connectivity index (χ4v) is 4.35. The Kier molecular flexibility index (Phi) is 9.47. The van der Waals surface area contributed by atoms with Gasteiger partial charge in [-0.15, -0.1) is 11.3 Å². The van der Waals surface area contributed by atoms with E-state index in [2.05, 4.69) is 9.88 Å². The number of carbonyl (C=O) groups is 1. The molecule has 0 aliphatic rings. The zero-order chi connectivity index (χ0) is 23.6. The molecule has 0 aliphatic heterocycles. The average Bonchev–Trinajstić information content (AvgIpc) is 3.20. The fourth-order valence-electron chi connectivity index (χ4n) is 3.24. The largest absolute Gasteiger partial charge is 0.494 e. The Morgan fingerprint density at radius 3 is 2.73 bits per heavy atom. The number of halogens is 2. The maximum atomic E-state index is 13.4. The van der Waals surface area contributed by atoms with E-state index >= 15 is 0 Å². The quantitative estimate of drug-likeness (QED) is 0.296. The Morgan fingerprint density at radius 2 is 2.00 bits per heavy atom. The Morgan fingerprint density at radius 1 is 1.21 bits per heavy atom. The van der Waals surface area contributed by atoms with Gasteiger partial charge in [-0.05, 0) is 61.9 Å². The number of nitrogens with zero attached hydrogens (tertiary/aromatic N) is 2. The van der Waals surface area contributed by atoms with E-state index in [9.17, 15) is 9.18 Å². The van der Waals surface area contributed by atoms with E-state index in [4.69, 9.17) is 26.1 Å². The van der Waals surface area contributed by atoms with Crippen LogP contribution >= 0.6 is 22.9 Å². The molecule has 0 spiro atoms. The van der Waals surface area contributed by atoms with Crippen molar-refractivity contribution < 1.29 is 18.7 Å². The van der Waals surface area contributed by atoms with Crippen LogP contribution in [-0.4, -0.2) is 37.3 Å². The number of thiazole rings is 1. The number of ether oxygens (including phenoxy) is 2. The van der Waals surface area contributed by atoms with Crippen LogP contribution in [-0.2, 0) is 16.1 Å². The summed E-state index contributed by atoms with van der Waals surface area (Å²) >= 11 is 7.59. The SMILES string of the molecule is CCOC(=O)CCNCCCn1c(-c2ccc(F)cc2)csc1=Nc1ccc(Cl)cc1OC. The molecule has 1 heterocycles. The van der Waals surface area contributed by atoms with Gasteiger partial charge >= 0.3 is 5.97 Å². The predicted octanol–water partition coefficient (Wildman–Crippen LogP) is 5.18. The van der Waals surface area contributed by atoms with Crippen LogP contribution in [0.3, 0.4) is 0 Å². The van der Waals surface area contributed by atoms with Gasteiger partial charge in [0.15, 0.2) is 4.80 Å². The van der Waals surface area contributed by atoms with Gasteiger partial charge in [0, 0.05) is 29.6 Å². The highest BCUT2D eigenvalue weighted by molar-refractivity contribution is 7.07. The molecule has 6 nitrogen and oxygen atoms in total. The number of rotatable bonds is 11. The molecule has 0 saturated carbocycles. The number of carbonyl (C=O) groups excluding carboxylic acids is 1. The van der Waals surface area contributed by atoms with Crippen molar-refractivity contribution in [1.82, 2.24) is 9.88 Å². The Hall–Kier alpha value is -2.68. The minimum absolute atomic E-state index is 0.200. The topological polar surface area (TPSA) is 64.8 Å². The molecule has 2 aromatic carbocycles. The number of methoxy groups -OCH3 is 1. The molecule has 0 fully saturated rings. The van der Waals surface area contributed by atoms with E-state index in [0.29, 0.717) is 42.6 Å². The van der Waals surface area contributed by atoms with Gasteiger partial charge in [-0.3, -0.25) is 4.79 Å². The van der Waals surface area contributed by atoms with Crippen LogP contribution in [0.1, 0.15) is 19.8 Å². The number of hydrogen-bond donors (Lipinski definition) is 1. The predicted molar refractivity (Wildman–Crippen MR) is 130 cm³/mol. The van der Waals surface area contributed by atoms with Gasteiger partial charge in [0.05, 0.1) is 25.8 Å². The van der Waals surface area contributed by atoms with Crippen LogP contribution in [0.25, 0.3) is 11.3 Å². The third-order valence-corrected chi connectivity index (χ3v) is 5.94. The molecule has 176 valence electrons. The lowest BCUT2D eigenvalue weighted by Crippen LogP contribution is -2.23. The smallest absolute Gasteiger partial charge is 0.307 e. The summed E-state index contributed by atoms with van der Waals surface area (Å²) in [6, 6.07) is 11.7. The molecule has 0 aliphatic carbocycles. The highest BCUT2D eigenvalue weighted by Gasteiger charge is 2.10. The van der Waals surface area contributed by atoms with Gasteiger partial charge in [-0.2, -0.15) is 0 Å². The van der Waals surface area contributed by atoms with Crippen molar-refractivity contribution in [3.8, 4) is 17.0 Å². The van der Waals surface area contributed by atoms with Crippen molar-refractivity contribution >= 4 is 34.6 Å². The summed E-state index contributed by atoms with van der Waals surface area (Å²) in [6.45, 7) is 4.18. The second-order valence-corrected chi connectivity index (χ2v) is 8.42. The first-order chi connectivity index (χ1) is 16.0. The standard InChI is InChI=1S/C24H27ClFN3O3S/c1-3-32-23(30)11-13-27-12-4-14-29-21(17-5-8-19(26)9-6-17)16-33-24(29)28-20-10-7-18(25)15-22(20)31-2/h5-10,15-16,27H,3-4,11-14H2,1-2H3. The van der Waals surface area contributed by atoms with E-state index < -0.39 is 0 Å². The lowest BCUT2D eigenvalue weighted by Gasteiger charge is -2.11. The molecule has 0 saturated heterocycles. The van der Waals surface area contributed by atoms with Crippen molar-refractivity contribution in [2.24, 2.45) is 4.99 Å². The zero-order valence-electron chi connectivity index (χ0n) is 18.6. The van der Waals surface area contributed by atoms with Gasteiger partial charge in [-0.1, -0.05) is 11.6 Å². The fraction of sp³-hybridized carbons (Fsp3) is 0.333. The van der Waals surface area contributed by atoms with Crippen LogP contribution in [0.15, 0.2) is 52.8 Å².